The number of amides is 2. The second-order valence-electron chi connectivity index (χ2n) is 8.73. The maximum Gasteiger partial charge on any atom is 0.416 e. The van der Waals surface area contributed by atoms with E-state index in [2.05, 4.69) is 10.6 Å². The third-order valence-corrected chi connectivity index (χ3v) is 6.34. The summed E-state index contributed by atoms with van der Waals surface area (Å²) in [5, 5.41) is 5.70. The molecule has 9 heteroatoms. The smallest absolute Gasteiger partial charge is 0.373 e. The summed E-state index contributed by atoms with van der Waals surface area (Å²) >= 11 is 0. The van der Waals surface area contributed by atoms with Crippen molar-refractivity contribution in [3.8, 4) is 0 Å². The number of hydrogen-bond donors (Lipinski definition) is 2. The predicted octanol–water partition coefficient (Wildman–Crippen LogP) is 5.50. The lowest BCUT2D eigenvalue weighted by Crippen LogP contribution is -2.63. The van der Waals surface area contributed by atoms with Crippen LogP contribution in [0, 0.1) is 0 Å². The number of carbonyl (C=O) groups excluding carboxylic acids is 1. The quantitative estimate of drug-likeness (QED) is 0.566. The van der Waals surface area contributed by atoms with Crippen LogP contribution in [0.1, 0.15) is 54.5 Å². The van der Waals surface area contributed by atoms with Crippen molar-refractivity contribution < 1.29 is 31.5 Å². The number of nitrogens with one attached hydrogen (secondary N) is 2. The Balaban J connectivity index is 1.55. The number of urea groups is 1. The lowest BCUT2D eigenvalue weighted by molar-refractivity contribution is -0.137. The third kappa shape index (κ3) is 4.30. The maximum atomic E-state index is 13.2. The van der Waals surface area contributed by atoms with Crippen molar-refractivity contribution in [2.75, 3.05) is 13.2 Å². The van der Waals surface area contributed by atoms with Gasteiger partial charge in [0.15, 0.2) is 0 Å². The van der Waals surface area contributed by atoms with Crippen molar-refractivity contribution in [3.63, 3.8) is 0 Å². The summed E-state index contributed by atoms with van der Waals surface area (Å²) in [4.78, 5) is 11.6. The van der Waals surface area contributed by atoms with Gasteiger partial charge in [0, 0.05) is 17.5 Å². The van der Waals surface area contributed by atoms with E-state index in [4.69, 9.17) is 4.74 Å². The number of hydrogen-bond acceptors (Lipinski definition) is 2. The van der Waals surface area contributed by atoms with Crippen LogP contribution in [-0.4, -0.2) is 24.7 Å². The lowest BCUT2D eigenvalue weighted by atomic mass is 9.55. The summed E-state index contributed by atoms with van der Waals surface area (Å²) in [6.07, 6.45) is -7.40. The fraction of sp³-hybridized carbons (Fsp3) is 0.435. The molecular weight excluding hydrogens is 431 g/mol. The lowest BCUT2D eigenvalue weighted by Gasteiger charge is -2.54. The second kappa shape index (κ2) is 8.03. The zero-order chi connectivity index (χ0) is 23.1. The van der Waals surface area contributed by atoms with E-state index in [0.29, 0.717) is 25.5 Å². The van der Waals surface area contributed by atoms with Gasteiger partial charge >= 0.3 is 12.2 Å². The average molecular weight is 454 g/mol. The molecule has 0 unspecified atom stereocenters. The highest BCUT2D eigenvalue weighted by atomic mass is 19.4. The van der Waals surface area contributed by atoms with Crippen molar-refractivity contribution in [3.05, 3.63) is 70.8 Å². The highest BCUT2D eigenvalue weighted by Gasteiger charge is 2.58. The van der Waals surface area contributed by atoms with Crippen LogP contribution in [0.4, 0.5) is 26.7 Å². The first kappa shape index (κ1) is 22.5. The number of benzene rings is 2. The molecular formula is C23H23F5N2O2. The van der Waals surface area contributed by atoms with E-state index in [1.165, 1.54) is 0 Å². The van der Waals surface area contributed by atoms with Crippen LogP contribution < -0.4 is 10.6 Å². The molecule has 0 bridgehead atoms. The van der Waals surface area contributed by atoms with Crippen LogP contribution in [0.25, 0.3) is 0 Å². The standard InChI is InChI=1S/C23H23F5N2O2/c1-14(15-7-16(19(24)25)9-18(8-15)23(26,27)28)32-13-21(17-5-3-2-4-6-17)10-22(11-21)12-29-20(31)30-22/h2-9,14,19H,10-13H2,1H3,(H2,29,30,31)/t14-,21?,22?/m1/s1. The first-order chi connectivity index (χ1) is 15.0. The van der Waals surface area contributed by atoms with E-state index in [1.807, 2.05) is 30.3 Å². The molecule has 0 aromatic heterocycles. The van der Waals surface area contributed by atoms with E-state index >= 15 is 0 Å². The molecule has 1 saturated carbocycles. The maximum absolute atomic E-state index is 13.2. The fourth-order valence-corrected chi connectivity index (χ4v) is 4.80. The van der Waals surface area contributed by atoms with Crippen LogP contribution in [0.5, 0.6) is 0 Å². The predicted molar refractivity (Wildman–Crippen MR) is 107 cm³/mol. The number of halogens is 5. The number of carbonyl (C=O) groups is 1. The first-order valence-corrected chi connectivity index (χ1v) is 10.3. The highest BCUT2D eigenvalue weighted by Crippen LogP contribution is 2.51. The summed E-state index contributed by atoms with van der Waals surface area (Å²) in [7, 11) is 0. The third-order valence-electron chi connectivity index (χ3n) is 6.34. The summed E-state index contributed by atoms with van der Waals surface area (Å²) < 4.78 is 72.0. The molecule has 2 amide bonds. The normalized spacial score (nSPS) is 26.0. The molecule has 1 saturated heterocycles. The van der Waals surface area contributed by atoms with E-state index in [-0.39, 0.29) is 18.2 Å². The van der Waals surface area contributed by atoms with Crippen molar-refractivity contribution in [2.45, 2.75) is 49.4 Å². The molecule has 1 aliphatic heterocycles. The molecule has 1 heterocycles. The van der Waals surface area contributed by atoms with Gasteiger partial charge in [-0.3, -0.25) is 0 Å². The second-order valence-corrected chi connectivity index (χ2v) is 8.73. The van der Waals surface area contributed by atoms with Gasteiger partial charge < -0.3 is 15.4 Å². The molecule has 4 rings (SSSR count). The Morgan fingerprint density at radius 2 is 1.72 bits per heavy atom. The van der Waals surface area contributed by atoms with Gasteiger partial charge in [-0.25, -0.2) is 13.6 Å². The Kier molecular flexibility index (Phi) is 5.65. The minimum atomic E-state index is -4.74. The summed E-state index contributed by atoms with van der Waals surface area (Å²) in [5.74, 6) is 0. The van der Waals surface area contributed by atoms with Gasteiger partial charge in [-0.1, -0.05) is 30.3 Å². The van der Waals surface area contributed by atoms with Crippen LogP contribution in [0.15, 0.2) is 48.5 Å². The van der Waals surface area contributed by atoms with E-state index in [1.54, 1.807) is 6.92 Å². The van der Waals surface area contributed by atoms with Gasteiger partial charge in [-0.15, -0.1) is 0 Å². The molecule has 172 valence electrons. The Labute approximate surface area is 182 Å². The Morgan fingerprint density at radius 3 is 2.28 bits per heavy atom. The number of alkyl halides is 5. The molecule has 4 nitrogen and oxygen atoms in total. The molecule has 1 atom stereocenters. The van der Waals surface area contributed by atoms with Gasteiger partial charge in [0.1, 0.15) is 0 Å². The van der Waals surface area contributed by atoms with Gasteiger partial charge in [0.2, 0.25) is 0 Å². The Hall–Kier alpha value is -2.68. The molecule has 1 aliphatic carbocycles. The summed E-state index contributed by atoms with van der Waals surface area (Å²) in [6, 6.07) is 11.7. The van der Waals surface area contributed by atoms with Gasteiger partial charge in [0.05, 0.1) is 23.8 Å². The van der Waals surface area contributed by atoms with Crippen LogP contribution >= 0.6 is 0 Å². The van der Waals surface area contributed by atoms with Crippen LogP contribution in [-0.2, 0) is 16.3 Å². The SMILES string of the molecule is C[C@@H](OCC1(c2ccccc2)CC2(CNC(=O)N2)C1)c1cc(C(F)F)cc(C(F)(F)F)c1. The van der Waals surface area contributed by atoms with Crippen molar-refractivity contribution in [2.24, 2.45) is 0 Å². The fourth-order valence-electron chi connectivity index (χ4n) is 4.80. The molecule has 2 aliphatic rings. The Morgan fingerprint density at radius 1 is 1.06 bits per heavy atom. The number of rotatable bonds is 6. The van der Waals surface area contributed by atoms with Gasteiger partial charge in [-0.2, -0.15) is 13.2 Å². The van der Waals surface area contributed by atoms with E-state index < -0.39 is 40.8 Å². The van der Waals surface area contributed by atoms with E-state index in [9.17, 15) is 26.7 Å². The van der Waals surface area contributed by atoms with Crippen molar-refractivity contribution >= 4 is 6.03 Å². The molecule has 0 radical (unpaired) electrons. The minimum absolute atomic E-state index is 0.0446. The van der Waals surface area contributed by atoms with Crippen molar-refractivity contribution in [1.29, 1.82) is 0 Å². The number of ether oxygens (including phenoxy) is 1. The topological polar surface area (TPSA) is 50.4 Å². The molecule has 1 spiro atoms. The zero-order valence-electron chi connectivity index (χ0n) is 17.3. The van der Waals surface area contributed by atoms with Crippen molar-refractivity contribution in [1.82, 2.24) is 10.6 Å². The molecule has 2 N–H and O–H groups in total. The monoisotopic (exact) mass is 454 g/mol. The molecule has 2 fully saturated rings. The molecule has 2 aromatic carbocycles. The first-order valence-electron chi connectivity index (χ1n) is 10.3. The minimum Gasteiger partial charge on any atom is -0.373 e. The van der Waals surface area contributed by atoms with Gasteiger partial charge in [-0.05, 0) is 49.1 Å². The molecule has 32 heavy (non-hydrogen) atoms. The summed E-state index contributed by atoms with van der Waals surface area (Å²) in [5.41, 5.74) is -1.61. The average Bonchev–Trinajstić information content (AvgIpc) is 3.12. The molecule has 2 aromatic rings. The van der Waals surface area contributed by atoms with Crippen LogP contribution in [0.3, 0.4) is 0 Å². The highest BCUT2D eigenvalue weighted by molar-refractivity contribution is 5.78. The largest absolute Gasteiger partial charge is 0.416 e. The van der Waals surface area contributed by atoms with E-state index in [0.717, 1.165) is 17.7 Å². The Bertz CT molecular complexity index is 988. The van der Waals surface area contributed by atoms with Crippen LogP contribution in [0.2, 0.25) is 0 Å². The zero-order valence-corrected chi connectivity index (χ0v) is 17.3. The summed E-state index contributed by atoms with van der Waals surface area (Å²) in [6.45, 7) is 2.22. The van der Waals surface area contributed by atoms with Gasteiger partial charge in [0.25, 0.3) is 6.43 Å².